The van der Waals surface area contributed by atoms with E-state index in [1.807, 2.05) is 0 Å². The molecule has 1 rings (SSSR count). The van der Waals surface area contributed by atoms with Gasteiger partial charge in [-0.25, -0.2) is 0 Å². The topological polar surface area (TPSA) is 29.5 Å². The second kappa shape index (κ2) is 3.16. The van der Waals surface area contributed by atoms with Gasteiger partial charge in [-0.2, -0.15) is 0 Å². The highest BCUT2D eigenvalue weighted by Crippen LogP contribution is 2.26. The summed E-state index contributed by atoms with van der Waals surface area (Å²) < 4.78 is 38.7. The van der Waals surface area contributed by atoms with E-state index in [4.69, 9.17) is 5.11 Å². The van der Waals surface area contributed by atoms with E-state index in [9.17, 15) is 13.2 Å². The molecule has 5 heteroatoms. The predicted octanol–water partition coefficient (Wildman–Crippen LogP) is 2.60. The van der Waals surface area contributed by atoms with Crippen molar-refractivity contribution in [3.05, 3.63) is 23.8 Å². The van der Waals surface area contributed by atoms with Crippen molar-refractivity contribution in [3.8, 4) is 11.5 Å². The minimum absolute atomic E-state index is 0.0606. The second-order valence-electron chi connectivity index (χ2n) is 2.50. The maximum Gasteiger partial charge on any atom is 0.573 e. The molecule has 0 aliphatic heterocycles. The van der Waals surface area contributed by atoms with Crippen LogP contribution in [0.1, 0.15) is 5.56 Å². The third-order valence-electron chi connectivity index (χ3n) is 1.40. The number of ether oxygens (including phenoxy) is 1. The van der Waals surface area contributed by atoms with E-state index in [-0.39, 0.29) is 11.5 Å². The van der Waals surface area contributed by atoms with Crippen molar-refractivity contribution in [1.82, 2.24) is 0 Å². The number of alkyl halides is 3. The minimum atomic E-state index is -4.69. The summed E-state index contributed by atoms with van der Waals surface area (Å²) >= 11 is 0. The largest absolute Gasteiger partial charge is 0.573 e. The Bertz CT molecular complexity index is 307. The molecular weight excluding hydrogens is 185 g/mol. The Labute approximate surface area is 72.6 Å². The Morgan fingerprint density at radius 2 is 1.92 bits per heavy atom. The van der Waals surface area contributed by atoms with E-state index in [0.717, 1.165) is 18.2 Å². The van der Waals surface area contributed by atoms with Gasteiger partial charge in [0.15, 0.2) is 0 Å². The number of rotatable bonds is 1. The fourth-order valence-electron chi connectivity index (χ4n) is 0.825. The first-order chi connectivity index (χ1) is 5.88. The Morgan fingerprint density at radius 3 is 2.38 bits per heavy atom. The average Bonchev–Trinajstić information content (AvgIpc) is 1.94. The summed E-state index contributed by atoms with van der Waals surface area (Å²) in [4.78, 5) is 0. The summed E-state index contributed by atoms with van der Waals surface area (Å²) in [5.41, 5.74) is 0.335. The van der Waals surface area contributed by atoms with Crippen LogP contribution in [-0.4, -0.2) is 11.5 Å². The highest BCUT2D eigenvalue weighted by molar-refractivity contribution is 5.38. The van der Waals surface area contributed by atoms with Gasteiger partial charge in [-0.15, -0.1) is 13.2 Å². The highest BCUT2D eigenvalue weighted by Gasteiger charge is 2.31. The van der Waals surface area contributed by atoms with Crippen molar-refractivity contribution in [2.24, 2.45) is 0 Å². The van der Waals surface area contributed by atoms with Gasteiger partial charge in [0.1, 0.15) is 11.5 Å². The van der Waals surface area contributed by atoms with Gasteiger partial charge in [0.2, 0.25) is 0 Å². The van der Waals surface area contributed by atoms with Crippen LogP contribution >= 0.6 is 0 Å². The van der Waals surface area contributed by atoms with Gasteiger partial charge >= 0.3 is 6.36 Å². The fourth-order valence-corrected chi connectivity index (χ4v) is 0.825. The fraction of sp³-hybridized carbons (Fsp3) is 0.250. The quantitative estimate of drug-likeness (QED) is 0.741. The molecule has 0 spiro atoms. The molecule has 0 unspecified atom stereocenters. The molecule has 0 fully saturated rings. The molecular formula is C8H7F3O2. The van der Waals surface area contributed by atoms with Crippen molar-refractivity contribution in [3.63, 3.8) is 0 Å². The van der Waals surface area contributed by atoms with Gasteiger partial charge in [-0.1, -0.05) is 0 Å². The van der Waals surface area contributed by atoms with Crippen molar-refractivity contribution < 1.29 is 23.0 Å². The lowest BCUT2D eigenvalue weighted by Crippen LogP contribution is -2.17. The number of hydrogen-bond acceptors (Lipinski definition) is 2. The van der Waals surface area contributed by atoms with Gasteiger partial charge in [0.25, 0.3) is 0 Å². The molecule has 1 aromatic carbocycles. The molecule has 0 aliphatic rings. The van der Waals surface area contributed by atoms with E-state index in [1.54, 1.807) is 0 Å². The SMILES string of the molecule is Cc1cc(OC(F)(F)F)ccc1O. The zero-order valence-corrected chi connectivity index (χ0v) is 6.72. The van der Waals surface area contributed by atoms with Crippen molar-refractivity contribution >= 4 is 0 Å². The van der Waals surface area contributed by atoms with Crippen LogP contribution in [0.15, 0.2) is 18.2 Å². The number of aryl methyl sites for hydroxylation is 1. The van der Waals surface area contributed by atoms with Crippen LogP contribution in [0.2, 0.25) is 0 Å². The number of phenolic OH excluding ortho intramolecular Hbond substituents is 1. The molecule has 0 bridgehead atoms. The standard InChI is InChI=1S/C8H7F3O2/c1-5-4-6(2-3-7(5)12)13-8(9,10)11/h2-4,12H,1H3. The molecule has 0 saturated carbocycles. The first kappa shape index (κ1) is 9.70. The number of phenols is 1. The molecule has 72 valence electrons. The van der Waals surface area contributed by atoms with E-state index in [1.165, 1.54) is 6.92 Å². The summed E-state index contributed by atoms with van der Waals surface area (Å²) in [5.74, 6) is -0.391. The number of hydrogen-bond donors (Lipinski definition) is 1. The first-order valence-electron chi connectivity index (χ1n) is 3.44. The molecule has 0 amide bonds. The Kier molecular flexibility index (Phi) is 2.36. The molecule has 2 nitrogen and oxygen atoms in total. The van der Waals surface area contributed by atoms with Gasteiger partial charge in [-0.05, 0) is 30.7 Å². The van der Waals surface area contributed by atoms with Crippen LogP contribution in [0.5, 0.6) is 11.5 Å². The van der Waals surface area contributed by atoms with E-state index in [2.05, 4.69) is 4.74 Å². The van der Waals surface area contributed by atoms with Crippen LogP contribution < -0.4 is 4.74 Å². The van der Waals surface area contributed by atoms with E-state index < -0.39 is 6.36 Å². The van der Waals surface area contributed by atoms with Crippen molar-refractivity contribution in [1.29, 1.82) is 0 Å². The Hall–Kier alpha value is -1.39. The van der Waals surface area contributed by atoms with Gasteiger partial charge in [0.05, 0.1) is 0 Å². The predicted molar refractivity (Wildman–Crippen MR) is 39.5 cm³/mol. The lowest BCUT2D eigenvalue weighted by Gasteiger charge is -2.09. The van der Waals surface area contributed by atoms with Gasteiger partial charge in [0, 0.05) is 0 Å². The van der Waals surface area contributed by atoms with Crippen molar-refractivity contribution in [2.45, 2.75) is 13.3 Å². The number of aromatic hydroxyl groups is 1. The van der Waals surface area contributed by atoms with E-state index >= 15 is 0 Å². The molecule has 0 saturated heterocycles. The lowest BCUT2D eigenvalue weighted by atomic mass is 10.2. The molecule has 0 aromatic heterocycles. The zero-order valence-electron chi connectivity index (χ0n) is 6.72. The number of halogens is 3. The normalized spacial score (nSPS) is 11.4. The lowest BCUT2D eigenvalue weighted by molar-refractivity contribution is -0.274. The summed E-state index contributed by atoms with van der Waals surface area (Å²) in [7, 11) is 0. The third kappa shape index (κ3) is 2.85. The molecule has 1 N–H and O–H groups in total. The zero-order chi connectivity index (χ0) is 10.1. The Morgan fingerprint density at radius 1 is 1.31 bits per heavy atom. The van der Waals surface area contributed by atoms with E-state index in [0.29, 0.717) is 5.56 Å². The van der Waals surface area contributed by atoms with Crippen LogP contribution in [0, 0.1) is 6.92 Å². The summed E-state index contributed by atoms with van der Waals surface area (Å²) in [5, 5.41) is 9.01. The summed E-state index contributed by atoms with van der Waals surface area (Å²) in [6.07, 6.45) is -4.69. The number of benzene rings is 1. The third-order valence-corrected chi connectivity index (χ3v) is 1.40. The smallest absolute Gasteiger partial charge is 0.508 e. The highest BCUT2D eigenvalue weighted by atomic mass is 19.4. The summed E-state index contributed by atoms with van der Waals surface area (Å²) in [6.45, 7) is 1.48. The minimum Gasteiger partial charge on any atom is -0.508 e. The molecule has 13 heavy (non-hydrogen) atoms. The van der Waals surface area contributed by atoms with Crippen LogP contribution in [0.4, 0.5) is 13.2 Å². The van der Waals surface area contributed by atoms with Crippen LogP contribution in [0.25, 0.3) is 0 Å². The second-order valence-corrected chi connectivity index (χ2v) is 2.50. The molecule has 0 heterocycles. The molecule has 0 aliphatic carbocycles. The molecule has 1 aromatic rings. The average molecular weight is 192 g/mol. The maximum atomic E-state index is 11.7. The van der Waals surface area contributed by atoms with Crippen LogP contribution in [0.3, 0.4) is 0 Å². The first-order valence-corrected chi connectivity index (χ1v) is 3.44. The Balaban J connectivity index is 2.86. The van der Waals surface area contributed by atoms with Gasteiger partial charge < -0.3 is 9.84 Å². The van der Waals surface area contributed by atoms with Crippen molar-refractivity contribution in [2.75, 3.05) is 0 Å². The molecule has 0 radical (unpaired) electrons. The molecule has 0 atom stereocenters. The monoisotopic (exact) mass is 192 g/mol. The van der Waals surface area contributed by atoms with Gasteiger partial charge in [-0.3, -0.25) is 0 Å². The van der Waals surface area contributed by atoms with Crippen LogP contribution in [-0.2, 0) is 0 Å². The summed E-state index contributed by atoms with van der Waals surface area (Å²) in [6, 6.07) is 3.31. The maximum absolute atomic E-state index is 11.7.